The molecule has 0 unspecified atom stereocenters. The van der Waals surface area contributed by atoms with Crippen molar-refractivity contribution in [3.63, 3.8) is 0 Å². The molecule has 0 bridgehead atoms. The Morgan fingerprint density at radius 3 is 1.95 bits per heavy atom. The molecule has 0 radical (unpaired) electrons. The lowest BCUT2D eigenvalue weighted by Gasteiger charge is -2.17. The van der Waals surface area contributed by atoms with Crippen molar-refractivity contribution in [3.05, 3.63) is 62.0 Å². The van der Waals surface area contributed by atoms with Crippen molar-refractivity contribution in [3.8, 4) is 0 Å². The van der Waals surface area contributed by atoms with Crippen molar-refractivity contribution in [1.82, 2.24) is 4.31 Å². The zero-order valence-electron chi connectivity index (χ0n) is 10.7. The third-order valence-electron chi connectivity index (χ3n) is 3.37. The standard InChI is InChI=1S/C14H10BrCl2NO2S/c15-11-5-12(16)14(13(17)6-11)21(19,20)18-7-9-3-1-2-4-10(9)8-18/h1-6H,7-8H2. The molecular weight excluding hydrogens is 397 g/mol. The average Bonchev–Trinajstić information content (AvgIpc) is 2.81. The van der Waals surface area contributed by atoms with Crippen LogP contribution in [-0.4, -0.2) is 12.7 Å². The summed E-state index contributed by atoms with van der Waals surface area (Å²) in [6.45, 7) is 0.669. The van der Waals surface area contributed by atoms with E-state index in [1.54, 1.807) is 0 Å². The van der Waals surface area contributed by atoms with Gasteiger partial charge in [0, 0.05) is 17.6 Å². The zero-order valence-corrected chi connectivity index (χ0v) is 14.6. The van der Waals surface area contributed by atoms with Gasteiger partial charge >= 0.3 is 0 Å². The van der Waals surface area contributed by atoms with E-state index in [-0.39, 0.29) is 14.9 Å². The minimum Gasteiger partial charge on any atom is -0.207 e. The lowest BCUT2D eigenvalue weighted by Crippen LogP contribution is -2.26. The van der Waals surface area contributed by atoms with E-state index >= 15 is 0 Å². The van der Waals surface area contributed by atoms with Crippen LogP contribution < -0.4 is 0 Å². The normalized spacial score (nSPS) is 15.2. The SMILES string of the molecule is O=S(=O)(c1c(Cl)cc(Br)cc1Cl)N1Cc2ccccc2C1. The molecule has 0 aliphatic carbocycles. The van der Waals surface area contributed by atoms with E-state index in [0.717, 1.165) is 11.1 Å². The first kappa shape index (κ1) is 15.3. The highest BCUT2D eigenvalue weighted by molar-refractivity contribution is 9.10. The molecule has 2 aromatic carbocycles. The maximum absolute atomic E-state index is 12.8. The maximum atomic E-state index is 12.8. The Morgan fingerprint density at radius 2 is 1.48 bits per heavy atom. The number of hydrogen-bond donors (Lipinski definition) is 0. The van der Waals surface area contributed by atoms with Gasteiger partial charge in [0.25, 0.3) is 0 Å². The summed E-state index contributed by atoms with van der Waals surface area (Å²) in [4.78, 5) is -0.0400. The summed E-state index contributed by atoms with van der Waals surface area (Å²) in [7, 11) is -3.74. The van der Waals surface area contributed by atoms with Crippen LogP contribution in [0.15, 0.2) is 45.8 Å². The quantitative estimate of drug-likeness (QED) is 0.738. The lowest BCUT2D eigenvalue weighted by atomic mass is 10.1. The highest BCUT2D eigenvalue weighted by Gasteiger charge is 2.33. The maximum Gasteiger partial charge on any atom is 0.246 e. The molecule has 0 N–H and O–H groups in total. The number of hydrogen-bond acceptors (Lipinski definition) is 2. The Kier molecular flexibility index (Phi) is 4.05. The van der Waals surface area contributed by atoms with E-state index in [1.807, 2.05) is 24.3 Å². The van der Waals surface area contributed by atoms with Gasteiger partial charge in [-0.1, -0.05) is 63.4 Å². The molecule has 1 aliphatic rings. The Balaban J connectivity index is 2.04. The van der Waals surface area contributed by atoms with Gasteiger partial charge < -0.3 is 0 Å². The summed E-state index contributed by atoms with van der Waals surface area (Å²) < 4.78 is 27.6. The summed E-state index contributed by atoms with van der Waals surface area (Å²) in [6, 6.07) is 10.7. The van der Waals surface area contributed by atoms with Crippen LogP contribution in [0.5, 0.6) is 0 Å². The number of nitrogens with zero attached hydrogens (tertiary/aromatic N) is 1. The van der Waals surface area contributed by atoms with E-state index in [1.165, 1.54) is 16.4 Å². The molecule has 21 heavy (non-hydrogen) atoms. The van der Waals surface area contributed by atoms with Gasteiger partial charge in [0.1, 0.15) is 4.90 Å². The van der Waals surface area contributed by atoms with Crippen molar-refractivity contribution < 1.29 is 8.42 Å². The van der Waals surface area contributed by atoms with Crippen LogP contribution in [0.1, 0.15) is 11.1 Å². The molecule has 7 heteroatoms. The summed E-state index contributed by atoms with van der Waals surface area (Å²) in [5.74, 6) is 0. The summed E-state index contributed by atoms with van der Waals surface area (Å²) in [5.41, 5.74) is 2.01. The van der Waals surface area contributed by atoms with Gasteiger partial charge in [-0.25, -0.2) is 8.42 Å². The molecule has 0 fully saturated rings. The monoisotopic (exact) mass is 405 g/mol. The molecule has 110 valence electrons. The Hall–Kier alpha value is -0.590. The Bertz CT molecular complexity index is 775. The second kappa shape index (κ2) is 5.56. The van der Waals surface area contributed by atoms with Gasteiger partial charge in [-0.05, 0) is 23.3 Å². The molecule has 0 spiro atoms. The average molecular weight is 407 g/mol. The summed E-state index contributed by atoms with van der Waals surface area (Å²) in [6.07, 6.45) is 0. The van der Waals surface area contributed by atoms with Crippen LogP contribution >= 0.6 is 39.1 Å². The van der Waals surface area contributed by atoms with Crippen molar-refractivity contribution in [1.29, 1.82) is 0 Å². The van der Waals surface area contributed by atoms with Crippen molar-refractivity contribution in [2.75, 3.05) is 0 Å². The molecular formula is C14H10BrCl2NO2S. The molecule has 0 saturated heterocycles. The van der Waals surface area contributed by atoms with Crippen LogP contribution in [0.4, 0.5) is 0 Å². The van der Waals surface area contributed by atoms with Crippen LogP contribution in [-0.2, 0) is 23.1 Å². The highest BCUT2D eigenvalue weighted by atomic mass is 79.9. The van der Waals surface area contributed by atoms with Gasteiger partial charge in [0.2, 0.25) is 10.0 Å². The molecule has 3 nitrogen and oxygen atoms in total. The van der Waals surface area contributed by atoms with Crippen LogP contribution in [0, 0.1) is 0 Å². The predicted octanol–water partition coefficient (Wildman–Crippen LogP) is 4.46. The van der Waals surface area contributed by atoms with Crippen LogP contribution in [0.3, 0.4) is 0 Å². The third-order valence-corrected chi connectivity index (χ3v) is 6.54. The van der Waals surface area contributed by atoms with E-state index in [4.69, 9.17) is 23.2 Å². The fraction of sp³-hybridized carbons (Fsp3) is 0.143. The highest BCUT2D eigenvalue weighted by Crippen LogP contribution is 2.37. The largest absolute Gasteiger partial charge is 0.246 e. The topological polar surface area (TPSA) is 37.4 Å². The second-order valence-electron chi connectivity index (χ2n) is 4.74. The second-order valence-corrected chi connectivity index (χ2v) is 8.35. The predicted molar refractivity (Wildman–Crippen MR) is 87.0 cm³/mol. The molecule has 3 rings (SSSR count). The number of halogens is 3. The first-order valence-electron chi connectivity index (χ1n) is 6.11. The van der Waals surface area contributed by atoms with Gasteiger partial charge in [-0.2, -0.15) is 4.31 Å². The molecule has 2 aromatic rings. The Morgan fingerprint density at radius 1 is 1.00 bits per heavy atom. The smallest absolute Gasteiger partial charge is 0.207 e. The fourth-order valence-corrected chi connectivity index (χ4v) is 5.66. The first-order valence-corrected chi connectivity index (χ1v) is 9.10. The molecule has 1 aliphatic heterocycles. The number of sulfonamides is 1. The molecule has 0 amide bonds. The summed E-state index contributed by atoms with van der Waals surface area (Å²) >= 11 is 15.4. The van der Waals surface area contributed by atoms with Crippen molar-refractivity contribution >= 4 is 49.2 Å². The number of rotatable bonds is 2. The van der Waals surface area contributed by atoms with Gasteiger partial charge in [0.05, 0.1) is 10.0 Å². The van der Waals surface area contributed by atoms with E-state index in [2.05, 4.69) is 15.9 Å². The minimum absolute atomic E-state index is 0.0400. The molecule has 1 heterocycles. The van der Waals surface area contributed by atoms with E-state index in [0.29, 0.717) is 17.6 Å². The molecule has 0 saturated carbocycles. The van der Waals surface area contributed by atoms with Crippen LogP contribution in [0.2, 0.25) is 10.0 Å². The van der Waals surface area contributed by atoms with Crippen molar-refractivity contribution in [2.24, 2.45) is 0 Å². The van der Waals surface area contributed by atoms with Crippen molar-refractivity contribution in [2.45, 2.75) is 18.0 Å². The minimum atomic E-state index is -3.74. The van der Waals surface area contributed by atoms with E-state index in [9.17, 15) is 8.42 Å². The molecule has 0 aromatic heterocycles. The fourth-order valence-electron chi connectivity index (χ4n) is 2.38. The van der Waals surface area contributed by atoms with Gasteiger partial charge in [-0.15, -0.1) is 0 Å². The third kappa shape index (κ3) is 2.73. The van der Waals surface area contributed by atoms with Crippen LogP contribution in [0.25, 0.3) is 0 Å². The number of fused-ring (bicyclic) bond motifs is 1. The summed E-state index contributed by atoms with van der Waals surface area (Å²) in [5, 5.41) is 0.232. The van der Waals surface area contributed by atoms with Gasteiger partial charge in [-0.3, -0.25) is 0 Å². The zero-order chi connectivity index (χ0) is 15.2. The first-order chi connectivity index (χ1) is 9.89. The Labute approximate surface area is 141 Å². The van der Waals surface area contributed by atoms with Gasteiger partial charge in [0.15, 0.2) is 0 Å². The van der Waals surface area contributed by atoms with E-state index < -0.39 is 10.0 Å². The lowest BCUT2D eigenvalue weighted by molar-refractivity contribution is 0.431. The molecule has 0 atom stereocenters. The number of benzene rings is 2.